The summed E-state index contributed by atoms with van der Waals surface area (Å²) in [4.78, 5) is 0. The molecule has 0 spiro atoms. The van der Waals surface area contributed by atoms with E-state index in [0.717, 1.165) is 0 Å². The van der Waals surface area contributed by atoms with Crippen molar-refractivity contribution < 1.29 is 8.42 Å². The largest absolute Gasteiger partial charge is 0.346 e. The zero-order valence-electron chi connectivity index (χ0n) is 6.42. The molecule has 12 heavy (non-hydrogen) atoms. The van der Waals surface area contributed by atoms with E-state index in [9.17, 15) is 8.42 Å². The Morgan fingerprint density at radius 3 is 2.42 bits per heavy atom. The van der Waals surface area contributed by atoms with Crippen LogP contribution in [0.15, 0.2) is 36.0 Å². The van der Waals surface area contributed by atoms with Gasteiger partial charge in [-0.25, -0.2) is 8.42 Å². The predicted octanol–water partition coefficient (Wildman–Crippen LogP) is 0.971. The third-order valence-electron chi connectivity index (χ3n) is 1.92. The van der Waals surface area contributed by atoms with Gasteiger partial charge in [-0.3, -0.25) is 0 Å². The number of hydrogen-bond acceptors (Lipinski definition) is 2. The van der Waals surface area contributed by atoms with Crippen LogP contribution in [0.3, 0.4) is 0 Å². The maximum absolute atomic E-state index is 11.0. The zero-order valence-corrected chi connectivity index (χ0v) is 7.24. The van der Waals surface area contributed by atoms with E-state index in [2.05, 4.69) is 0 Å². The summed E-state index contributed by atoms with van der Waals surface area (Å²) in [5.41, 5.74) is 0. The number of sulfone groups is 1. The highest BCUT2D eigenvalue weighted by molar-refractivity contribution is 7.94. The Bertz CT molecular complexity index is 389. The predicted molar refractivity (Wildman–Crippen MR) is 46.4 cm³/mol. The van der Waals surface area contributed by atoms with Crippen LogP contribution in [0.4, 0.5) is 0 Å². The first kappa shape index (κ1) is 7.61. The first-order valence-corrected chi connectivity index (χ1v) is 5.42. The van der Waals surface area contributed by atoms with Gasteiger partial charge in [0.2, 0.25) is 0 Å². The van der Waals surface area contributed by atoms with Crippen LogP contribution >= 0.6 is 0 Å². The summed E-state index contributed by atoms with van der Waals surface area (Å²) >= 11 is 0. The van der Waals surface area contributed by atoms with Crippen molar-refractivity contribution >= 4 is 9.84 Å². The van der Waals surface area contributed by atoms with Gasteiger partial charge in [0.25, 0.3) is 0 Å². The molecule has 0 N–H and O–H groups in total. The molecule has 0 saturated carbocycles. The second-order valence-electron chi connectivity index (χ2n) is 2.86. The Labute approximate surface area is 71.2 Å². The van der Waals surface area contributed by atoms with E-state index >= 15 is 0 Å². The molecule has 0 aliphatic carbocycles. The standard InChI is InChI=1S/C8H9NO2S/c10-12(11)6-3-8(7-12)9-4-1-2-5-9/h1-6,8H,7H2. The summed E-state index contributed by atoms with van der Waals surface area (Å²) in [7, 11) is -2.92. The highest BCUT2D eigenvalue weighted by atomic mass is 32.2. The lowest BCUT2D eigenvalue weighted by atomic mass is 10.3. The molecular weight excluding hydrogens is 174 g/mol. The van der Waals surface area contributed by atoms with E-state index < -0.39 is 9.84 Å². The molecule has 2 rings (SSSR count). The van der Waals surface area contributed by atoms with Crippen LogP contribution in [0.1, 0.15) is 6.04 Å². The molecule has 0 fully saturated rings. The summed E-state index contributed by atoms with van der Waals surface area (Å²) in [6, 6.07) is 3.77. The second kappa shape index (κ2) is 2.48. The van der Waals surface area contributed by atoms with E-state index in [0.29, 0.717) is 0 Å². The normalized spacial score (nSPS) is 26.2. The number of hydrogen-bond donors (Lipinski definition) is 0. The summed E-state index contributed by atoms with van der Waals surface area (Å²) < 4.78 is 24.0. The van der Waals surface area contributed by atoms with E-state index in [1.807, 2.05) is 29.1 Å². The fraction of sp³-hybridized carbons (Fsp3) is 0.250. The molecule has 1 unspecified atom stereocenters. The maximum Gasteiger partial charge on any atom is 0.173 e. The molecule has 3 nitrogen and oxygen atoms in total. The maximum atomic E-state index is 11.0. The number of allylic oxidation sites excluding steroid dienone is 1. The first-order valence-electron chi connectivity index (χ1n) is 3.71. The third-order valence-corrected chi connectivity index (χ3v) is 3.30. The SMILES string of the molecule is O=S1(=O)C=CC(n2cccc2)C1. The fourth-order valence-electron chi connectivity index (χ4n) is 1.31. The fourth-order valence-corrected chi connectivity index (χ4v) is 2.61. The minimum atomic E-state index is -2.92. The molecule has 0 saturated heterocycles. The van der Waals surface area contributed by atoms with Gasteiger partial charge in [-0.15, -0.1) is 0 Å². The Balaban J connectivity index is 2.28. The molecular formula is C8H9NO2S. The Morgan fingerprint density at radius 1 is 1.25 bits per heavy atom. The van der Waals surface area contributed by atoms with Crippen LogP contribution in [0.25, 0.3) is 0 Å². The molecule has 0 amide bonds. The van der Waals surface area contributed by atoms with Gasteiger partial charge < -0.3 is 4.57 Å². The van der Waals surface area contributed by atoms with Crippen molar-refractivity contribution in [2.75, 3.05) is 5.75 Å². The molecule has 64 valence electrons. The lowest BCUT2D eigenvalue weighted by molar-refractivity contribution is 0.593. The summed E-state index contributed by atoms with van der Waals surface area (Å²) in [5, 5.41) is 1.29. The van der Waals surface area contributed by atoms with Gasteiger partial charge in [-0.1, -0.05) is 0 Å². The van der Waals surface area contributed by atoms with Gasteiger partial charge in [0.1, 0.15) is 0 Å². The van der Waals surface area contributed by atoms with E-state index in [1.54, 1.807) is 6.08 Å². The first-order chi connectivity index (χ1) is 5.67. The van der Waals surface area contributed by atoms with E-state index in [-0.39, 0.29) is 11.8 Å². The van der Waals surface area contributed by atoms with Crippen molar-refractivity contribution in [3.05, 3.63) is 36.0 Å². The minimum absolute atomic E-state index is 0.00926. The molecule has 0 radical (unpaired) electrons. The Hall–Kier alpha value is -1.03. The van der Waals surface area contributed by atoms with Gasteiger partial charge in [-0.05, 0) is 18.2 Å². The van der Waals surface area contributed by atoms with Crippen molar-refractivity contribution in [2.24, 2.45) is 0 Å². The molecule has 0 aromatic carbocycles. The van der Waals surface area contributed by atoms with Crippen LogP contribution in [0.5, 0.6) is 0 Å². The number of aromatic nitrogens is 1. The quantitative estimate of drug-likeness (QED) is 0.650. The lowest BCUT2D eigenvalue weighted by Crippen LogP contribution is -2.09. The second-order valence-corrected chi connectivity index (χ2v) is 4.79. The Kier molecular flexibility index (Phi) is 1.58. The van der Waals surface area contributed by atoms with Crippen molar-refractivity contribution in [2.45, 2.75) is 6.04 Å². The highest BCUT2D eigenvalue weighted by Gasteiger charge is 2.21. The number of rotatable bonds is 1. The molecule has 1 aliphatic rings. The van der Waals surface area contributed by atoms with Crippen LogP contribution < -0.4 is 0 Å². The van der Waals surface area contributed by atoms with Crippen LogP contribution in [0.2, 0.25) is 0 Å². The van der Waals surface area contributed by atoms with Crippen molar-refractivity contribution in [3.63, 3.8) is 0 Å². The van der Waals surface area contributed by atoms with Gasteiger partial charge in [0, 0.05) is 17.8 Å². The van der Waals surface area contributed by atoms with Crippen molar-refractivity contribution in [1.82, 2.24) is 4.57 Å². The van der Waals surface area contributed by atoms with E-state index in [1.165, 1.54) is 5.41 Å². The highest BCUT2D eigenvalue weighted by Crippen LogP contribution is 2.19. The molecule has 1 aromatic heterocycles. The van der Waals surface area contributed by atoms with Crippen LogP contribution in [-0.2, 0) is 9.84 Å². The van der Waals surface area contributed by atoms with Crippen molar-refractivity contribution in [3.8, 4) is 0 Å². The molecule has 2 heterocycles. The molecule has 4 heteroatoms. The van der Waals surface area contributed by atoms with Crippen LogP contribution in [0, 0.1) is 0 Å². The monoisotopic (exact) mass is 183 g/mol. The van der Waals surface area contributed by atoms with Gasteiger partial charge in [0.15, 0.2) is 9.84 Å². The number of nitrogens with zero attached hydrogens (tertiary/aromatic N) is 1. The zero-order chi connectivity index (χ0) is 8.60. The minimum Gasteiger partial charge on any atom is -0.346 e. The summed E-state index contributed by atoms with van der Waals surface area (Å²) in [6.45, 7) is 0. The van der Waals surface area contributed by atoms with Gasteiger partial charge in [0.05, 0.1) is 11.8 Å². The van der Waals surface area contributed by atoms with Gasteiger partial charge in [-0.2, -0.15) is 0 Å². The molecule has 0 bridgehead atoms. The summed E-state index contributed by atoms with van der Waals surface area (Å²) in [5.74, 6) is 0.196. The van der Waals surface area contributed by atoms with Crippen molar-refractivity contribution in [1.29, 1.82) is 0 Å². The summed E-state index contributed by atoms with van der Waals surface area (Å²) in [6.07, 6.45) is 5.46. The molecule has 1 aromatic rings. The van der Waals surface area contributed by atoms with Gasteiger partial charge >= 0.3 is 0 Å². The average Bonchev–Trinajstić information content (AvgIpc) is 2.55. The molecule has 1 atom stereocenters. The van der Waals surface area contributed by atoms with Crippen LogP contribution in [-0.4, -0.2) is 18.7 Å². The Morgan fingerprint density at radius 2 is 1.92 bits per heavy atom. The van der Waals surface area contributed by atoms with E-state index in [4.69, 9.17) is 0 Å². The topological polar surface area (TPSA) is 39.1 Å². The third kappa shape index (κ3) is 1.30. The smallest absolute Gasteiger partial charge is 0.173 e. The lowest BCUT2D eigenvalue weighted by Gasteiger charge is -2.07. The average molecular weight is 183 g/mol. The molecule has 1 aliphatic heterocycles.